The summed E-state index contributed by atoms with van der Waals surface area (Å²) in [5.41, 5.74) is -1.13. The first-order valence-electron chi connectivity index (χ1n) is 7.99. The Labute approximate surface area is 155 Å². The van der Waals surface area contributed by atoms with Crippen molar-refractivity contribution in [2.75, 3.05) is 20.1 Å². The minimum atomic E-state index is -4.66. The van der Waals surface area contributed by atoms with Crippen molar-refractivity contribution in [2.45, 2.75) is 25.6 Å². The highest BCUT2D eigenvalue weighted by atomic mass is 32.1. The second-order valence-electron chi connectivity index (χ2n) is 6.08. The molecule has 1 atom stereocenters. The Bertz CT molecular complexity index is 912. The number of halogens is 3. The van der Waals surface area contributed by atoms with Crippen LogP contribution in [0.2, 0.25) is 0 Å². The second kappa shape index (κ2) is 6.87. The van der Waals surface area contributed by atoms with E-state index in [0.717, 1.165) is 16.2 Å². The lowest BCUT2D eigenvalue weighted by molar-refractivity contribution is -0.136. The summed E-state index contributed by atoms with van der Waals surface area (Å²) in [6.07, 6.45) is -6.03. The fourth-order valence-electron chi connectivity index (χ4n) is 3.01. The van der Waals surface area contributed by atoms with Gasteiger partial charge in [-0.3, -0.25) is 4.79 Å². The van der Waals surface area contributed by atoms with E-state index in [4.69, 9.17) is 9.84 Å². The number of hydrogen-bond donors (Lipinski definition) is 2. The number of ether oxygens (including phenoxy) is 1. The molecule has 0 aromatic carbocycles. The van der Waals surface area contributed by atoms with Gasteiger partial charge in [-0.15, -0.1) is 11.3 Å². The predicted octanol–water partition coefficient (Wildman–Crippen LogP) is 3.11. The fraction of sp³-hybridized carbons (Fsp3) is 0.438. The molecule has 0 bridgehead atoms. The summed E-state index contributed by atoms with van der Waals surface area (Å²) < 4.78 is 46.5. The highest BCUT2D eigenvalue weighted by Crippen LogP contribution is 2.43. The van der Waals surface area contributed by atoms with Crippen LogP contribution in [0.25, 0.3) is 10.2 Å². The molecule has 0 aliphatic carbocycles. The van der Waals surface area contributed by atoms with Gasteiger partial charge in [-0.2, -0.15) is 13.2 Å². The lowest BCUT2D eigenvalue weighted by Gasteiger charge is -2.18. The lowest BCUT2D eigenvalue weighted by Crippen LogP contribution is -2.29. The number of pyridine rings is 1. The molecule has 1 fully saturated rings. The molecular formula is C16H16F3N3O4S. The normalized spacial score (nSPS) is 17.4. The minimum Gasteiger partial charge on any atom is -0.472 e. The molecule has 0 radical (unpaired) electrons. The highest BCUT2D eigenvalue weighted by molar-refractivity contribution is 7.17. The monoisotopic (exact) mass is 403 g/mol. The van der Waals surface area contributed by atoms with Crippen molar-refractivity contribution in [3.8, 4) is 5.88 Å². The Morgan fingerprint density at radius 3 is 2.70 bits per heavy atom. The maximum atomic E-state index is 13.7. The molecule has 3 rings (SSSR count). The van der Waals surface area contributed by atoms with Crippen molar-refractivity contribution in [1.29, 1.82) is 0 Å². The lowest BCUT2D eigenvalue weighted by atomic mass is 10.1. The molecule has 2 aromatic heterocycles. The van der Waals surface area contributed by atoms with Crippen LogP contribution in [0.1, 0.15) is 27.9 Å². The zero-order valence-corrected chi connectivity index (χ0v) is 15.2. The molecule has 27 heavy (non-hydrogen) atoms. The zero-order chi connectivity index (χ0) is 19.9. The van der Waals surface area contributed by atoms with Crippen LogP contribution in [0.5, 0.6) is 5.88 Å². The van der Waals surface area contributed by atoms with E-state index in [0.29, 0.717) is 6.42 Å². The van der Waals surface area contributed by atoms with Gasteiger partial charge in [0, 0.05) is 31.0 Å². The highest BCUT2D eigenvalue weighted by Gasteiger charge is 2.39. The Hall–Kier alpha value is -2.56. The summed E-state index contributed by atoms with van der Waals surface area (Å²) >= 11 is 0.796. The van der Waals surface area contributed by atoms with Gasteiger partial charge in [0.2, 0.25) is 5.88 Å². The van der Waals surface area contributed by atoms with Gasteiger partial charge in [-0.05, 0) is 6.92 Å². The molecule has 11 heteroatoms. The van der Waals surface area contributed by atoms with Crippen LogP contribution in [0.3, 0.4) is 0 Å². The molecule has 7 nitrogen and oxygen atoms in total. The van der Waals surface area contributed by atoms with Crippen molar-refractivity contribution in [3.63, 3.8) is 0 Å². The third kappa shape index (κ3) is 3.51. The largest absolute Gasteiger partial charge is 0.472 e. The number of fused-ring (bicyclic) bond motifs is 1. The first-order valence-corrected chi connectivity index (χ1v) is 8.87. The number of nitrogens with one attached hydrogen (secondary N) is 1. The molecule has 0 spiro atoms. The molecule has 0 saturated carbocycles. The van der Waals surface area contributed by atoms with Gasteiger partial charge in [-0.1, -0.05) is 0 Å². The van der Waals surface area contributed by atoms with E-state index >= 15 is 0 Å². The van der Waals surface area contributed by atoms with Gasteiger partial charge in [-0.25, -0.2) is 9.78 Å². The molecule has 2 N–H and O–H groups in total. The van der Waals surface area contributed by atoms with Crippen LogP contribution >= 0.6 is 11.3 Å². The van der Waals surface area contributed by atoms with Gasteiger partial charge in [0.05, 0.1) is 27.9 Å². The van der Waals surface area contributed by atoms with Crippen LogP contribution in [0.4, 0.5) is 18.0 Å². The molecular weight excluding hydrogens is 387 g/mol. The smallest absolute Gasteiger partial charge is 0.418 e. The van der Waals surface area contributed by atoms with Gasteiger partial charge < -0.3 is 20.1 Å². The number of carboxylic acid groups (broad SMARTS) is 1. The van der Waals surface area contributed by atoms with E-state index in [-0.39, 0.29) is 40.3 Å². The number of thiophene rings is 1. The number of rotatable bonds is 3. The first-order chi connectivity index (χ1) is 12.6. The van der Waals surface area contributed by atoms with Crippen LogP contribution in [0, 0.1) is 6.92 Å². The maximum Gasteiger partial charge on any atom is 0.418 e. The third-order valence-electron chi connectivity index (χ3n) is 4.35. The second-order valence-corrected chi connectivity index (χ2v) is 6.96. The van der Waals surface area contributed by atoms with Crippen molar-refractivity contribution < 1.29 is 32.6 Å². The number of aromatic nitrogens is 1. The number of carbonyl (C=O) groups is 2. The van der Waals surface area contributed by atoms with Crippen molar-refractivity contribution in [2.24, 2.45) is 0 Å². The number of likely N-dealkylation sites (tertiary alicyclic amines) is 1. The summed E-state index contributed by atoms with van der Waals surface area (Å²) in [6, 6.07) is 0. The summed E-state index contributed by atoms with van der Waals surface area (Å²) in [4.78, 5) is 28.3. The van der Waals surface area contributed by atoms with Crippen molar-refractivity contribution in [3.05, 3.63) is 22.1 Å². The molecule has 1 saturated heterocycles. The third-order valence-corrected chi connectivity index (χ3v) is 5.34. The average Bonchev–Trinajstić information content (AvgIpc) is 3.20. The molecule has 3 heterocycles. The Balaban J connectivity index is 2.08. The predicted molar refractivity (Wildman–Crippen MR) is 91.4 cm³/mol. The number of carbonyl (C=O) groups excluding carboxylic acids is 1. The van der Waals surface area contributed by atoms with Gasteiger partial charge in [0.25, 0.3) is 5.91 Å². The number of hydrogen-bond acceptors (Lipinski definition) is 5. The summed E-state index contributed by atoms with van der Waals surface area (Å²) in [5.74, 6) is -0.787. The summed E-state index contributed by atoms with van der Waals surface area (Å²) in [7, 11) is 1.38. The number of nitrogens with zero attached hydrogens (tertiary/aromatic N) is 2. The van der Waals surface area contributed by atoms with E-state index in [1.165, 1.54) is 19.4 Å². The SMILES string of the molecule is CNC(=O)c1csc2c(C(F)(F)F)c(C)c(OC3CCN(C(=O)O)C3)nc12. The Morgan fingerprint density at radius 2 is 2.15 bits per heavy atom. The van der Waals surface area contributed by atoms with E-state index in [2.05, 4.69) is 10.3 Å². The quantitative estimate of drug-likeness (QED) is 0.822. The molecule has 1 aliphatic rings. The molecule has 1 unspecified atom stereocenters. The van der Waals surface area contributed by atoms with Crippen LogP contribution in [-0.4, -0.2) is 53.2 Å². The number of amides is 2. The van der Waals surface area contributed by atoms with Gasteiger partial charge in [0.1, 0.15) is 6.10 Å². The molecule has 2 aromatic rings. The topological polar surface area (TPSA) is 91.8 Å². The van der Waals surface area contributed by atoms with E-state index in [1.54, 1.807) is 0 Å². The molecule has 146 valence electrons. The van der Waals surface area contributed by atoms with Crippen LogP contribution < -0.4 is 10.1 Å². The number of alkyl halides is 3. The van der Waals surface area contributed by atoms with Gasteiger partial charge >= 0.3 is 12.3 Å². The minimum absolute atomic E-state index is 0.0337. The van der Waals surface area contributed by atoms with Gasteiger partial charge in [0.15, 0.2) is 0 Å². The van der Waals surface area contributed by atoms with Crippen molar-refractivity contribution in [1.82, 2.24) is 15.2 Å². The van der Waals surface area contributed by atoms with E-state index < -0.39 is 29.8 Å². The van der Waals surface area contributed by atoms with E-state index in [1.807, 2.05) is 0 Å². The maximum absolute atomic E-state index is 13.7. The standard InChI is InChI=1S/C16H16F3N3O4S/c1-7-10(16(17,18)19)12-11(9(6-27-12)13(23)20-2)21-14(7)26-8-3-4-22(5-8)15(24)25/h6,8H,3-5H2,1-2H3,(H,20,23)(H,24,25). The average molecular weight is 403 g/mol. The Morgan fingerprint density at radius 1 is 1.44 bits per heavy atom. The van der Waals surface area contributed by atoms with Crippen LogP contribution in [-0.2, 0) is 6.18 Å². The van der Waals surface area contributed by atoms with Crippen molar-refractivity contribution >= 4 is 33.6 Å². The van der Waals surface area contributed by atoms with Crippen LogP contribution in [0.15, 0.2) is 5.38 Å². The zero-order valence-electron chi connectivity index (χ0n) is 14.4. The summed E-state index contributed by atoms with van der Waals surface area (Å²) in [5, 5.41) is 12.7. The first kappa shape index (κ1) is 19.2. The Kier molecular flexibility index (Phi) is 4.89. The summed E-state index contributed by atoms with van der Waals surface area (Å²) in [6.45, 7) is 1.53. The molecule has 1 aliphatic heterocycles. The van der Waals surface area contributed by atoms with E-state index in [9.17, 15) is 22.8 Å². The molecule has 2 amide bonds. The fourth-order valence-corrected chi connectivity index (χ4v) is 4.12.